The summed E-state index contributed by atoms with van der Waals surface area (Å²) < 4.78 is 3.68. The van der Waals surface area contributed by atoms with Crippen LogP contribution in [-0.2, 0) is 19.6 Å². The average Bonchev–Trinajstić information content (AvgIpc) is 3.19. The molecule has 1 saturated carbocycles. The van der Waals surface area contributed by atoms with Crippen LogP contribution in [0.4, 0.5) is 0 Å². The lowest BCUT2D eigenvalue weighted by atomic mass is 10.1. The van der Waals surface area contributed by atoms with Gasteiger partial charge < -0.3 is 15.5 Å². The molecule has 0 spiro atoms. The molecule has 0 radical (unpaired) electrons. The molecule has 25 heavy (non-hydrogen) atoms. The number of aryl methyl sites for hydroxylation is 1. The van der Waals surface area contributed by atoms with Crippen LogP contribution >= 0.6 is 11.6 Å². The summed E-state index contributed by atoms with van der Waals surface area (Å²) in [6.07, 6.45) is 4.76. The Morgan fingerprint density at radius 3 is 2.84 bits per heavy atom. The molecule has 0 aromatic carbocycles. The van der Waals surface area contributed by atoms with Crippen molar-refractivity contribution < 1.29 is 10.2 Å². The minimum absolute atomic E-state index is 0.0658. The van der Waals surface area contributed by atoms with E-state index in [4.69, 9.17) is 16.7 Å². The maximum atomic E-state index is 10.4. The lowest BCUT2D eigenvalue weighted by Gasteiger charge is -2.16. The first-order valence-corrected chi connectivity index (χ1v) is 9.09. The van der Waals surface area contributed by atoms with Gasteiger partial charge in [0.05, 0.1) is 36.2 Å². The van der Waals surface area contributed by atoms with Gasteiger partial charge in [-0.15, -0.1) is 0 Å². The maximum absolute atomic E-state index is 10.4. The molecule has 8 heteroatoms. The molecule has 3 atom stereocenters. The number of aliphatic hydroxyl groups is 2. The van der Waals surface area contributed by atoms with Crippen LogP contribution in [0, 0.1) is 19.8 Å². The number of aliphatic hydroxyl groups excluding tert-OH is 2. The fourth-order valence-electron chi connectivity index (χ4n) is 3.72. The Kier molecular flexibility index (Phi) is 5.78. The van der Waals surface area contributed by atoms with Crippen LogP contribution in [0.3, 0.4) is 0 Å². The third-order valence-corrected chi connectivity index (χ3v) is 5.25. The van der Waals surface area contributed by atoms with Gasteiger partial charge >= 0.3 is 0 Å². The summed E-state index contributed by atoms with van der Waals surface area (Å²) in [6.45, 7) is 6.03. The topological polar surface area (TPSA) is 88.1 Å². The van der Waals surface area contributed by atoms with Gasteiger partial charge in [0.15, 0.2) is 0 Å². The fourth-order valence-corrected chi connectivity index (χ4v) is 3.88. The highest BCUT2D eigenvalue weighted by Crippen LogP contribution is 2.28. The minimum atomic E-state index is -0.357. The third-order valence-electron chi connectivity index (χ3n) is 5.06. The van der Waals surface area contributed by atoms with E-state index in [0.29, 0.717) is 24.0 Å². The zero-order valence-corrected chi connectivity index (χ0v) is 15.4. The Morgan fingerprint density at radius 2 is 2.16 bits per heavy atom. The molecule has 3 rings (SSSR count). The van der Waals surface area contributed by atoms with Crippen molar-refractivity contribution in [2.24, 2.45) is 5.92 Å². The molecule has 3 N–H and O–H groups in total. The third kappa shape index (κ3) is 4.23. The van der Waals surface area contributed by atoms with Crippen molar-refractivity contribution >= 4 is 11.6 Å². The Bertz CT molecular complexity index is 714. The van der Waals surface area contributed by atoms with Crippen molar-refractivity contribution in [3.8, 4) is 0 Å². The lowest BCUT2D eigenvalue weighted by Crippen LogP contribution is -2.35. The molecule has 2 aromatic rings. The SMILES string of the molecule is Cc1nn(CCO)c(C)c1CN[C@@H]1CC(Cn2cc(Cl)cn2)C[C@H]1O. The summed E-state index contributed by atoms with van der Waals surface area (Å²) in [5, 5.41) is 32.3. The second-order valence-corrected chi connectivity index (χ2v) is 7.31. The predicted molar refractivity (Wildman–Crippen MR) is 95.4 cm³/mol. The van der Waals surface area contributed by atoms with Crippen LogP contribution in [0.5, 0.6) is 0 Å². The Hall–Kier alpha value is -1.41. The molecule has 138 valence electrons. The van der Waals surface area contributed by atoms with E-state index >= 15 is 0 Å². The van der Waals surface area contributed by atoms with Crippen molar-refractivity contribution in [3.63, 3.8) is 0 Å². The van der Waals surface area contributed by atoms with E-state index in [1.54, 1.807) is 6.20 Å². The van der Waals surface area contributed by atoms with E-state index in [1.165, 1.54) is 0 Å². The second-order valence-electron chi connectivity index (χ2n) is 6.87. The van der Waals surface area contributed by atoms with Gasteiger partial charge in [-0.25, -0.2) is 0 Å². The number of nitrogens with zero attached hydrogens (tertiary/aromatic N) is 4. The number of nitrogens with one attached hydrogen (secondary N) is 1. The number of halogens is 1. The first-order chi connectivity index (χ1) is 12.0. The summed E-state index contributed by atoms with van der Waals surface area (Å²) in [5.41, 5.74) is 3.17. The van der Waals surface area contributed by atoms with E-state index in [9.17, 15) is 5.11 Å². The monoisotopic (exact) mass is 367 g/mol. The zero-order chi connectivity index (χ0) is 18.0. The van der Waals surface area contributed by atoms with E-state index in [0.717, 1.165) is 36.3 Å². The normalized spacial score (nSPS) is 23.5. The van der Waals surface area contributed by atoms with Crippen LogP contribution in [0.15, 0.2) is 12.4 Å². The summed E-state index contributed by atoms with van der Waals surface area (Å²) in [6, 6.07) is 0.0658. The molecule has 0 amide bonds. The first-order valence-electron chi connectivity index (χ1n) is 8.71. The van der Waals surface area contributed by atoms with Crippen LogP contribution in [0.2, 0.25) is 5.02 Å². The molecular weight excluding hydrogens is 342 g/mol. The molecule has 0 saturated heterocycles. The molecule has 0 aliphatic heterocycles. The van der Waals surface area contributed by atoms with Crippen molar-refractivity contribution in [2.45, 2.75) is 58.5 Å². The zero-order valence-electron chi connectivity index (χ0n) is 14.7. The lowest BCUT2D eigenvalue weighted by molar-refractivity contribution is 0.145. The van der Waals surface area contributed by atoms with Crippen molar-refractivity contribution in [1.29, 1.82) is 0 Å². The summed E-state index contributed by atoms with van der Waals surface area (Å²) in [7, 11) is 0. The molecule has 1 aliphatic rings. The smallest absolute Gasteiger partial charge is 0.0785 e. The predicted octanol–water partition coefficient (Wildman–Crippen LogP) is 1.27. The van der Waals surface area contributed by atoms with Gasteiger partial charge in [0.2, 0.25) is 0 Å². The van der Waals surface area contributed by atoms with Gasteiger partial charge in [0.25, 0.3) is 0 Å². The molecule has 1 aliphatic carbocycles. The van der Waals surface area contributed by atoms with Crippen molar-refractivity contribution in [3.05, 3.63) is 34.4 Å². The van der Waals surface area contributed by atoms with E-state index in [-0.39, 0.29) is 18.8 Å². The Morgan fingerprint density at radius 1 is 1.36 bits per heavy atom. The van der Waals surface area contributed by atoms with Gasteiger partial charge in [-0.2, -0.15) is 10.2 Å². The number of rotatable bonds is 7. The largest absolute Gasteiger partial charge is 0.394 e. The average molecular weight is 368 g/mol. The maximum Gasteiger partial charge on any atom is 0.0785 e. The highest BCUT2D eigenvalue weighted by atomic mass is 35.5. The fraction of sp³-hybridized carbons (Fsp3) is 0.647. The standard InChI is InChI=1S/C17H26ClN5O2/c1-11-15(12(2)23(21-11)3-4-24)8-19-16-5-13(6-17(16)25)9-22-10-14(18)7-20-22/h7,10,13,16-17,19,24-25H,3-6,8-9H2,1-2H3/t13?,16-,17-/m1/s1. The molecule has 1 fully saturated rings. The van der Waals surface area contributed by atoms with Gasteiger partial charge in [-0.1, -0.05) is 11.6 Å². The Balaban J connectivity index is 1.56. The Labute approximate surface area is 152 Å². The summed E-state index contributed by atoms with van der Waals surface area (Å²) >= 11 is 5.91. The number of hydrogen-bond acceptors (Lipinski definition) is 5. The molecule has 2 aromatic heterocycles. The van der Waals surface area contributed by atoms with Gasteiger partial charge in [-0.3, -0.25) is 9.36 Å². The van der Waals surface area contributed by atoms with Crippen molar-refractivity contribution in [2.75, 3.05) is 6.61 Å². The quantitative estimate of drug-likeness (QED) is 0.686. The van der Waals surface area contributed by atoms with Crippen molar-refractivity contribution in [1.82, 2.24) is 24.9 Å². The summed E-state index contributed by atoms with van der Waals surface area (Å²) in [4.78, 5) is 0. The first kappa shape index (κ1) is 18.4. The molecular formula is C17H26ClN5O2. The highest BCUT2D eigenvalue weighted by Gasteiger charge is 2.33. The summed E-state index contributed by atoms with van der Waals surface area (Å²) in [5.74, 6) is 0.378. The van der Waals surface area contributed by atoms with Gasteiger partial charge in [-0.05, 0) is 32.6 Å². The van der Waals surface area contributed by atoms with Crippen LogP contribution in [-0.4, -0.2) is 48.5 Å². The molecule has 0 bridgehead atoms. The number of aromatic nitrogens is 4. The van der Waals surface area contributed by atoms with E-state index in [2.05, 4.69) is 15.5 Å². The molecule has 2 heterocycles. The molecule has 1 unspecified atom stereocenters. The van der Waals surface area contributed by atoms with Crippen LogP contribution in [0.1, 0.15) is 29.8 Å². The van der Waals surface area contributed by atoms with Gasteiger partial charge in [0, 0.05) is 36.6 Å². The van der Waals surface area contributed by atoms with E-state index in [1.807, 2.05) is 29.4 Å². The molecule has 7 nitrogen and oxygen atoms in total. The van der Waals surface area contributed by atoms with Gasteiger partial charge in [0.1, 0.15) is 0 Å². The van der Waals surface area contributed by atoms with E-state index < -0.39 is 0 Å². The highest BCUT2D eigenvalue weighted by molar-refractivity contribution is 6.30. The second kappa shape index (κ2) is 7.86. The van der Waals surface area contributed by atoms with Crippen LogP contribution in [0.25, 0.3) is 0 Å². The minimum Gasteiger partial charge on any atom is -0.394 e. The van der Waals surface area contributed by atoms with Crippen LogP contribution < -0.4 is 5.32 Å². The number of hydrogen-bond donors (Lipinski definition) is 3.